The predicted molar refractivity (Wildman–Crippen MR) is 99.3 cm³/mol. The first-order valence-electron chi connectivity index (χ1n) is 8.92. The number of ether oxygens (including phenoxy) is 1. The van der Waals surface area contributed by atoms with Gasteiger partial charge >= 0.3 is 5.97 Å². The van der Waals surface area contributed by atoms with Gasteiger partial charge in [0.25, 0.3) is 5.91 Å². The highest BCUT2D eigenvalue weighted by molar-refractivity contribution is 5.94. The maximum absolute atomic E-state index is 13.0. The van der Waals surface area contributed by atoms with E-state index in [1.807, 2.05) is 24.3 Å². The normalized spacial score (nSPS) is 17.0. The van der Waals surface area contributed by atoms with Crippen molar-refractivity contribution in [2.45, 2.75) is 19.4 Å². The summed E-state index contributed by atoms with van der Waals surface area (Å²) in [6.07, 6.45) is 2.82. The molecule has 2 aromatic heterocycles. The molecule has 28 heavy (non-hydrogen) atoms. The first kappa shape index (κ1) is 18.1. The summed E-state index contributed by atoms with van der Waals surface area (Å²) in [4.78, 5) is 29.6. The molecule has 9 nitrogen and oxygen atoms in total. The van der Waals surface area contributed by atoms with Crippen LogP contribution in [0.3, 0.4) is 0 Å². The minimum absolute atomic E-state index is 0.139. The average molecular weight is 381 g/mol. The van der Waals surface area contributed by atoms with Gasteiger partial charge in [-0.3, -0.25) is 14.6 Å². The summed E-state index contributed by atoms with van der Waals surface area (Å²) in [7, 11) is 0. The zero-order valence-corrected chi connectivity index (χ0v) is 15.3. The standard InChI is InChI=1S/C19H19N5O4/c1-12-18(19(27)23-7-8-28-14(11-23)9-17(25)26)21-22-24(12)16-4-2-3-13-10-20-6-5-15(13)16/h2-6,10,14H,7-9,11H2,1H3,(H,25,26). The molecule has 1 amide bonds. The number of hydrogen-bond donors (Lipinski definition) is 1. The number of carbonyl (C=O) groups is 2. The Labute approximate surface area is 160 Å². The fourth-order valence-electron chi connectivity index (χ4n) is 3.42. The van der Waals surface area contributed by atoms with Crippen LogP contribution in [-0.4, -0.2) is 67.7 Å². The summed E-state index contributed by atoms with van der Waals surface area (Å²) in [6.45, 7) is 2.70. The lowest BCUT2D eigenvalue weighted by atomic mass is 10.1. The highest BCUT2D eigenvalue weighted by Crippen LogP contribution is 2.23. The van der Waals surface area contributed by atoms with E-state index in [2.05, 4.69) is 15.3 Å². The van der Waals surface area contributed by atoms with Crippen LogP contribution in [0.2, 0.25) is 0 Å². The lowest BCUT2D eigenvalue weighted by Crippen LogP contribution is -2.46. The largest absolute Gasteiger partial charge is 0.481 e. The minimum atomic E-state index is -0.952. The Kier molecular flexibility index (Phi) is 4.74. The molecule has 1 atom stereocenters. The number of hydrogen-bond acceptors (Lipinski definition) is 6. The fourth-order valence-corrected chi connectivity index (χ4v) is 3.42. The molecule has 1 saturated heterocycles. The number of carbonyl (C=O) groups excluding carboxylic acids is 1. The summed E-state index contributed by atoms with van der Waals surface area (Å²) in [5, 5.41) is 19.2. The van der Waals surface area contributed by atoms with Crippen molar-refractivity contribution in [1.29, 1.82) is 0 Å². The summed E-state index contributed by atoms with van der Waals surface area (Å²) in [6, 6.07) is 7.67. The topological polar surface area (TPSA) is 110 Å². The number of carboxylic acids is 1. The number of nitrogens with zero attached hydrogens (tertiary/aromatic N) is 5. The Morgan fingerprint density at radius 1 is 1.32 bits per heavy atom. The predicted octanol–water partition coefficient (Wildman–Crippen LogP) is 1.44. The lowest BCUT2D eigenvalue weighted by molar-refractivity contribution is -0.141. The van der Waals surface area contributed by atoms with E-state index in [1.54, 1.807) is 28.9 Å². The van der Waals surface area contributed by atoms with Gasteiger partial charge in [-0.1, -0.05) is 17.3 Å². The maximum atomic E-state index is 13.0. The third kappa shape index (κ3) is 3.31. The molecule has 1 fully saturated rings. The van der Waals surface area contributed by atoms with Gasteiger partial charge in [0.2, 0.25) is 0 Å². The monoisotopic (exact) mass is 381 g/mol. The molecule has 0 radical (unpaired) electrons. The average Bonchev–Trinajstić information content (AvgIpc) is 3.08. The van der Waals surface area contributed by atoms with Gasteiger partial charge in [0.05, 0.1) is 30.5 Å². The molecule has 4 rings (SSSR count). The Morgan fingerprint density at radius 3 is 3.00 bits per heavy atom. The second-order valence-corrected chi connectivity index (χ2v) is 6.65. The van der Waals surface area contributed by atoms with Crippen molar-refractivity contribution in [2.24, 2.45) is 0 Å². The van der Waals surface area contributed by atoms with Gasteiger partial charge < -0.3 is 14.7 Å². The van der Waals surface area contributed by atoms with Crippen molar-refractivity contribution < 1.29 is 19.4 Å². The van der Waals surface area contributed by atoms with E-state index in [4.69, 9.17) is 9.84 Å². The van der Waals surface area contributed by atoms with E-state index in [-0.39, 0.29) is 24.6 Å². The Morgan fingerprint density at radius 2 is 2.18 bits per heavy atom. The third-order valence-electron chi connectivity index (χ3n) is 4.81. The number of aliphatic carboxylic acids is 1. The van der Waals surface area contributed by atoms with Crippen LogP contribution >= 0.6 is 0 Å². The first-order valence-corrected chi connectivity index (χ1v) is 8.92. The van der Waals surface area contributed by atoms with Crippen LogP contribution in [0.1, 0.15) is 22.6 Å². The molecule has 144 valence electrons. The van der Waals surface area contributed by atoms with E-state index >= 15 is 0 Å². The number of benzene rings is 1. The Bertz CT molecular complexity index is 1040. The second kappa shape index (κ2) is 7.35. The van der Waals surface area contributed by atoms with Crippen LogP contribution < -0.4 is 0 Å². The highest BCUT2D eigenvalue weighted by Gasteiger charge is 2.29. The highest BCUT2D eigenvalue weighted by atomic mass is 16.5. The van der Waals surface area contributed by atoms with Crippen molar-refractivity contribution in [2.75, 3.05) is 19.7 Å². The summed E-state index contributed by atoms with van der Waals surface area (Å²) in [5.74, 6) is -1.23. The molecule has 3 heterocycles. The Hall–Kier alpha value is -3.33. The van der Waals surface area contributed by atoms with Crippen LogP contribution in [0, 0.1) is 6.92 Å². The van der Waals surface area contributed by atoms with Crippen LogP contribution in [0.25, 0.3) is 16.5 Å². The molecule has 1 aliphatic rings. The van der Waals surface area contributed by atoms with E-state index in [0.29, 0.717) is 18.8 Å². The smallest absolute Gasteiger partial charge is 0.306 e. The summed E-state index contributed by atoms with van der Waals surface area (Å²) >= 11 is 0. The molecule has 1 aromatic carbocycles. The number of amides is 1. The zero-order valence-electron chi connectivity index (χ0n) is 15.3. The SMILES string of the molecule is Cc1c(C(=O)N2CCOC(CC(=O)O)C2)nnn1-c1cccc2cnccc12. The number of morpholine rings is 1. The van der Waals surface area contributed by atoms with Crippen LogP contribution in [0.15, 0.2) is 36.7 Å². The molecule has 1 aliphatic heterocycles. The number of rotatable bonds is 4. The fraction of sp³-hybridized carbons (Fsp3) is 0.316. The van der Waals surface area contributed by atoms with Gasteiger partial charge in [-0.2, -0.15) is 0 Å². The minimum Gasteiger partial charge on any atom is -0.481 e. The van der Waals surface area contributed by atoms with Gasteiger partial charge in [0.1, 0.15) is 0 Å². The molecular weight excluding hydrogens is 362 g/mol. The lowest BCUT2D eigenvalue weighted by Gasteiger charge is -2.31. The van der Waals surface area contributed by atoms with Crippen LogP contribution in [0.4, 0.5) is 0 Å². The zero-order chi connectivity index (χ0) is 19.7. The van der Waals surface area contributed by atoms with E-state index in [9.17, 15) is 9.59 Å². The molecule has 0 bridgehead atoms. The van der Waals surface area contributed by atoms with Crippen LogP contribution in [-0.2, 0) is 9.53 Å². The number of aromatic nitrogens is 4. The van der Waals surface area contributed by atoms with Crippen molar-refractivity contribution in [3.8, 4) is 5.69 Å². The molecule has 0 aliphatic carbocycles. The van der Waals surface area contributed by atoms with Crippen molar-refractivity contribution >= 4 is 22.6 Å². The van der Waals surface area contributed by atoms with E-state index < -0.39 is 12.1 Å². The molecule has 0 saturated carbocycles. The summed E-state index contributed by atoms with van der Waals surface area (Å²) < 4.78 is 7.08. The van der Waals surface area contributed by atoms with Gasteiger partial charge in [-0.05, 0) is 19.1 Å². The number of fused-ring (bicyclic) bond motifs is 1. The van der Waals surface area contributed by atoms with Gasteiger partial charge in [-0.15, -0.1) is 5.10 Å². The molecule has 1 N–H and O–H groups in total. The Balaban J connectivity index is 1.63. The molecule has 1 unspecified atom stereocenters. The molecule has 0 spiro atoms. The van der Waals surface area contributed by atoms with Crippen molar-refractivity contribution in [3.63, 3.8) is 0 Å². The van der Waals surface area contributed by atoms with Crippen molar-refractivity contribution in [3.05, 3.63) is 48.0 Å². The first-order chi connectivity index (χ1) is 13.5. The van der Waals surface area contributed by atoms with Crippen LogP contribution in [0.5, 0.6) is 0 Å². The third-order valence-corrected chi connectivity index (χ3v) is 4.81. The van der Waals surface area contributed by atoms with E-state index in [0.717, 1.165) is 16.5 Å². The molecule has 3 aromatic rings. The van der Waals surface area contributed by atoms with Gasteiger partial charge in [0.15, 0.2) is 5.69 Å². The number of pyridine rings is 1. The second-order valence-electron chi connectivity index (χ2n) is 6.65. The van der Waals surface area contributed by atoms with E-state index in [1.165, 1.54) is 0 Å². The number of carboxylic acid groups (broad SMARTS) is 1. The molecular formula is C19H19N5O4. The van der Waals surface area contributed by atoms with Crippen molar-refractivity contribution in [1.82, 2.24) is 24.9 Å². The van der Waals surface area contributed by atoms with Gasteiger partial charge in [0, 0.05) is 36.3 Å². The van der Waals surface area contributed by atoms with Gasteiger partial charge in [-0.25, -0.2) is 4.68 Å². The quantitative estimate of drug-likeness (QED) is 0.728. The maximum Gasteiger partial charge on any atom is 0.306 e. The summed E-state index contributed by atoms with van der Waals surface area (Å²) in [5.41, 5.74) is 1.69. The molecule has 9 heteroatoms.